The molecule has 1 saturated carbocycles. The summed E-state index contributed by atoms with van der Waals surface area (Å²) in [5.41, 5.74) is 0.994. The number of anilines is 1. The van der Waals surface area contributed by atoms with Gasteiger partial charge in [-0.15, -0.1) is 0 Å². The zero-order valence-corrected chi connectivity index (χ0v) is 19.6. The highest BCUT2D eigenvalue weighted by Crippen LogP contribution is 2.38. The van der Waals surface area contributed by atoms with Crippen LogP contribution >= 0.6 is 11.6 Å². The zero-order chi connectivity index (χ0) is 25.3. The third-order valence-electron chi connectivity index (χ3n) is 5.52. The predicted molar refractivity (Wildman–Crippen MR) is 126 cm³/mol. The molecule has 1 aliphatic carbocycles. The lowest BCUT2D eigenvalue weighted by Crippen LogP contribution is -2.53. The lowest BCUT2D eigenvalue weighted by molar-refractivity contribution is -0.130. The number of rotatable bonds is 5. The summed E-state index contributed by atoms with van der Waals surface area (Å²) in [6.45, 7) is 3.78. The highest BCUT2D eigenvalue weighted by molar-refractivity contribution is 6.31. The monoisotopic (exact) mass is 499 g/mol. The first kappa shape index (κ1) is 27.6. The van der Waals surface area contributed by atoms with Crippen LogP contribution in [0.1, 0.15) is 30.9 Å². The maximum atomic E-state index is 13.6. The number of nitrogens with one attached hydrogen (secondary N) is 2. The molecule has 186 valence electrons. The molecule has 2 aliphatic rings. The molecule has 4 rings (SSSR count). The van der Waals surface area contributed by atoms with Gasteiger partial charge in [0.05, 0.1) is 6.10 Å². The molecule has 2 unspecified atom stereocenters. The van der Waals surface area contributed by atoms with Gasteiger partial charge in [0.15, 0.2) is 0 Å². The zero-order valence-electron chi connectivity index (χ0n) is 18.8. The van der Waals surface area contributed by atoms with Crippen LogP contribution in [0.4, 0.5) is 18.9 Å². The second-order valence-corrected chi connectivity index (χ2v) is 8.54. The first-order valence-electron chi connectivity index (χ1n) is 10.7. The Balaban J connectivity index is 0.000000437. The minimum atomic E-state index is -2.73. The van der Waals surface area contributed by atoms with E-state index in [4.69, 9.17) is 21.5 Å². The van der Waals surface area contributed by atoms with Gasteiger partial charge in [0.25, 0.3) is 5.92 Å². The first-order valence-corrected chi connectivity index (χ1v) is 11.1. The van der Waals surface area contributed by atoms with Gasteiger partial charge in [-0.05, 0) is 37.2 Å². The van der Waals surface area contributed by atoms with Crippen LogP contribution in [0.25, 0.3) is 0 Å². The van der Waals surface area contributed by atoms with Crippen molar-refractivity contribution in [1.29, 1.82) is 0 Å². The van der Waals surface area contributed by atoms with Gasteiger partial charge < -0.3 is 25.4 Å². The number of benzene rings is 2. The molecule has 10 heteroatoms. The first-order chi connectivity index (χ1) is 16.2. The van der Waals surface area contributed by atoms with Crippen LogP contribution in [-0.2, 0) is 9.59 Å². The Labute approximate surface area is 202 Å². The van der Waals surface area contributed by atoms with Crippen molar-refractivity contribution in [3.63, 3.8) is 0 Å². The fraction of sp³-hybridized carbons (Fsp3) is 0.417. The molecule has 2 aromatic carbocycles. The van der Waals surface area contributed by atoms with Crippen LogP contribution in [-0.4, -0.2) is 56.0 Å². The number of carbonyl (C=O) groups is 2. The summed E-state index contributed by atoms with van der Waals surface area (Å²) < 4.78 is 39.7. The van der Waals surface area contributed by atoms with E-state index in [0.717, 1.165) is 19.5 Å². The van der Waals surface area contributed by atoms with E-state index >= 15 is 0 Å². The van der Waals surface area contributed by atoms with Gasteiger partial charge in [-0.25, -0.2) is 13.2 Å². The van der Waals surface area contributed by atoms with Crippen molar-refractivity contribution in [3.05, 3.63) is 64.9 Å². The van der Waals surface area contributed by atoms with E-state index in [1.165, 1.54) is 18.2 Å². The van der Waals surface area contributed by atoms with Crippen molar-refractivity contribution in [1.82, 2.24) is 10.6 Å². The molecular formula is C24H29ClF3N3O3. The number of likely N-dealkylation sites (N-methyl/N-ethyl adjacent to an activating group) is 1. The lowest BCUT2D eigenvalue weighted by Gasteiger charge is -2.37. The lowest BCUT2D eigenvalue weighted by atomic mass is 9.88. The number of alkyl halides is 2. The van der Waals surface area contributed by atoms with E-state index < -0.39 is 29.7 Å². The summed E-state index contributed by atoms with van der Waals surface area (Å²) in [6.07, 6.45) is 0.111. The summed E-state index contributed by atoms with van der Waals surface area (Å²) in [5.74, 6) is -3.62. The normalized spacial score (nSPS) is 19.4. The standard InChI is InChI=1S/C19H18ClF3N2O.C4H9NO.CH2O/c1-25(14-6-4-5-12(21)9-14)17(15-7-2-3-8-16(15)20)18(26)24-13-10-19(22,23)11-13;6-4-1-2-5-3-4;1-2/h2-9,13,17H,10-11H2,1H3,(H,24,26);4-6H,1-3H2;1H2. The Morgan fingerprint density at radius 1 is 1.24 bits per heavy atom. The second kappa shape index (κ2) is 12.7. The fourth-order valence-electron chi connectivity index (χ4n) is 3.75. The summed E-state index contributed by atoms with van der Waals surface area (Å²) >= 11 is 6.25. The Morgan fingerprint density at radius 3 is 2.41 bits per heavy atom. The quantitative estimate of drug-likeness (QED) is 0.584. The molecule has 1 saturated heterocycles. The van der Waals surface area contributed by atoms with Crippen molar-refractivity contribution in [2.75, 3.05) is 25.0 Å². The molecule has 3 N–H and O–H groups in total. The average Bonchev–Trinajstić information content (AvgIpc) is 3.26. The SMILES string of the molecule is C=O.CN(c1cccc(F)c1)C(C(=O)NC1CC(F)(F)C1)c1ccccc1Cl.OC1CCNC1. The van der Waals surface area contributed by atoms with E-state index in [-0.39, 0.29) is 18.9 Å². The largest absolute Gasteiger partial charge is 0.392 e. The Kier molecular flexibility index (Phi) is 10.3. The Bertz CT molecular complexity index is 936. The molecule has 1 amide bonds. The third-order valence-corrected chi connectivity index (χ3v) is 5.87. The van der Waals surface area contributed by atoms with E-state index in [1.807, 2.05) is 6.79 Å². The Morgan fingerprint density at radius 2 is 1.91 bits per heavy atom. The highest BCUT2D eigenvalue weighted by Gasteiger charge is 2.46. The molecule has 1 aliphatic heterocycles. The van der Waals surface area contributed by atoms with Crippen LogP contribution < -0.4 is 15.5 Å². The molecule has 0 bridgehead atoms. The van der Waals surface area contributed by atoms with Crippen molar-refractivity contribution in [2.24, 2.45) is 0 Å². The third kappa shape index (κ3) is 7.72. The van der Waals surface area contributed by atoms with E-state index in [0.29, 0.717) is 16.3 Å². The maximum absolute atomic E-state index is 13.6. The molecule has 0 spiro atoms. The summed E-state index contributed by atoms with van der Waals surface area (Å²) in [5, 5.41) is 14.7. The number of aliphatic hydroxyl groups excluding tert-OH is 1. The molecule has 0 radical (unpaired) electrons. The van der Waals surface area contributed by atoms with Crippen LogP contribution in [0.15, 0.2) is 48.5 Å². The average molecular weight is 500 g/mol. The molecule has 2 aromatic rings. The molecule has 34 heavy (non-hydrogen) atoms. The van der Waals surface area contributed by atoms with Gasteiger partial charge in [0.2, 0.25) is 5.91 Å². The fourth-order valence-corrected chi connectivity index (χ4v) is 3.99. The number of aliphatic hydroxyl groups is 1. The van der Waals surface area contributed by atoms with Crippen LogP contribution in [0, 0.1) is 5.82 Å². The van der Waals surface area contributed by atoms with Crippen LogP contribution in [0.5, 0.6) is 0 Å². The van der Waals surface area contributed by atoms with Gasteiger partial charge in [0, 0.05) is 48.7 Å². The minimum absolute atomic E-state index is 0.0648. The molecule has 2 fully saturated rings. The number of carbonyl (C=O) groups excluding carboxylic acids is 2. The van der Waals surface area contributed by atoms with Gasteiger partial charge in [-0.1, -0.05) is 35.9 Å². The minimum Gasteiger partial charge on any atom is -0.392 e. The number of nitrogens with zero attached hydrogens (tertiary/aromatic N) is 1. The second-order valence-electron chi connectivity index (χ2n) is 8.13. The van der Waals surface area contributed by atoms with E-state index in [1.54, 1.807) is 42.3 Å². The highest BCUT2D eigenvalue weighted by atomic mass is 35.5. The van der Waals surface area contributed by atoms with Crippen molar-refractivity contribution < 1.29 is 27.9 Å². The van der Waals surface area contributed by atoms with Gasteiger partial charge in [-0.2, -0.15) is 0 Å². The van der Waals surface area contributed by atoms with Gasteiger partial charge in [0.1, 0.15) is 18.6 Å². The number of halogens is 4. The van der Waals surface area contributed by atoms with Crippen LogP contribution in [0.2, 0.25) is 5.02 Å². The topological polar surface area (TPSA) is 81.7 Å². The van der Waals surface area contributed by atoms with Gasteiger partial charge >= 0.3 is 0 Å². The molecule has 6 nitrogen and oxygen atoms in total. The summed E-state index contributed by atoms with van der Waals surface area (Å²) in [7, 11) is 1.64. The smallest absolute Gasteiger partial charge is 0.252 e. The summed E-state index contributed by atoms with van der Waals surface area (Å²) in [4.78, 5) is 22.4. The van der Waals surface area contributed by atoms with Crippen molar-refractivity contribution >= 4 is 30.0 Å². The number of hydrogen-bond acceptors (Lipinski definition) is 5. The van der Waals surface area contributed by atoms with Gasteiger partial charge in [-0.3, -0.25) is 4.79 Å². The number of amides is 1. The predicted octanol–water partition coefficient (Wildman–Crippen LogP) is 3.73. The molecular weight excluding hydrogens is 471 g/mol. The molecule has 1 heterocycles. The Hall–Kier alpha value is -2.62. The molecule has 0 aromatic heterocycles. The van der Waals surface area contributed by atoms with E-state index in [2.05, 4.69) is 10.6 Å². The van der Waals surface area contributed by atoms with Crippen molar-refractivity contribution in [2.45, 2.75) is 43.4 Å². The van der Waals surface area contributed by atoms with E-state index in [9.17, 15) is 18.0 Å². The summed E-state index contributed by atoms with van der Waals surface area (Å²) in [6, 6.07) is 11.2. The molecule has 2 atom stereocenters. The van der Waals surface area contributed by atoms with Crippen molar-refractivity contribution in [3.8, 4) is 0 Å². The maximum Gasteiger partial charge on any atom is 0.252 e. The van der Waals surface area contributed by atoms with Crippen LogP contribution in [0.3, 0.4) is 0 Å². The number of hydrogen-bond donors (Lipinski definition) is 3. The number of β-amino-alcohol motifs (C(OH)–C–C–N with tert-alkyl or cyclic N) is 1.